The molecule has 0 saturated heterocycles. The summed E-state index contributed by atoms with van der Waals surface area (Å²) in [6.45, 7) is 4.94. The Labute approximate surface area is 86.8 Å². The minimum absolute atomic E-state index is 0.131. The van der Waals surface area contributed by atoms with E-state index in [0.717, 1.165) is 25.7 Å². The smallest absolute Gasteiger partial charge is 0.0664 e. The van der Waals surface area contributed by atoms with E-state index in [4.69, 9.17) is 5.11 Å². The average Bonchev–Trinajstić information content (AvgIpc) is 2.18. The van der Waals surface area contributed by atoms with Crippen molar-refractivity contribution in [3.63, 3.8) is 0 Å². The van der Waals surface area contributed by atoms with Crippen LogP contribution in [0.15, 0.2) is 12.7 Å². The topological polar surface area (TPSA) is 52.5 Å². The maximum atomic E-state index is 9.47. The first kappa shape index (κ1) is 13.6. The van der Waals surface area contributed by atoms with Crippen molar-refractivity contribution in [2.24, 2.45) is 0 Å². The van der Waals surface area contributed by atoms with Crippen molar-refractivity contribution < 1.29 is 10.2 Å². The van der Waals surface area contributed by atoms with Gasteiger partial charge in [0.2, 0.25) is 0 Å². The second-order valence-corrected chi connectivity index (χ2v) is 3.51. The van der Waals surface area contributed by atoms with E-state index < -0.39 is 0 Å². The molecule has 0 aliphatic rings. The fraction of sp³-hybridized carbons (Fsp3) is 0.818. The van der Waals surface area contributed by atoms with E-state index in [-0.39, 0.29) is 12.7 Å². The highest BCUT2D eigenvalue weighted by atomic mass is 16.3. The van der Waals surface area contributed by atoms with Gasteiger partial charge in [-0.2, -0.15) is 0 Å². The lowest BCUT2D eigenvalue weighted by atomic mass is 10.1. The fourth-order valence-electron chi connectivity index (χ4n) is 1.30. The molecule has 0 fully saturated rings. The summed E-state index contributed by atoms with van der Waals surface area (Å²) in [7, 11) is 0. The van der Waals surface area contributed by atoms with Crippen LogP contribution in [0.5, 0.6) is 0 Å². The molecule has 3 heteroatoms. The number of rotatable bonds is 10. The van der Waals surface area contributed by atoms with Crippen LogP contribution in [0.1, 0.15) is 32.1 Å². The molecule has 3 nitrogen and oxygen atoms in total. The molecule has 0 spiro atoms. The second kappa shape index (κ2) is 10.7. The van der Waals surface area contributed by atoms with E-state index in [1.807, 2.05) is 6.08 Å². The van der Waals surface area contributed by atoms with Crippen molar-refractivity contribution in [2.45, 2.75) is 38.2 Å². The predicted molar refractivity (Wildman–Crippen MR) is 59.2 cm³/mol. The van der Waals surface area contributed by atoms with E-state index in [2.05, 4.69) is 11.9 Å². The third-order valence-electron chi connectivity index (χ3n) is 2.11. The zero-order chi connectivity index (χ0) is 10.6. The monoisotopic (exact) mass is 201 g/mol. The van der Waals surface area contributed by atoms with E-state index in [1.54, 1.807) is 0 Å². The summed E-state index contributed by atoms with van der Waals surface area (Å²) in [5.74, 6) is 0. The van der Waals surface area contributed by atoms with Gasteiger partial charge in [0, 0.05) is 13.1 Å². The quantitative estimate of drug-likeness (QED) is 0.366. The van der Waals surface area contributed by atoms with Crippen LogP contribution in [0.4, 0.5) is 0 Å². The summed E-state index contributed by atoms with van der Waals surface area (Å²) >= 11 is 0. The zero-order valence-corrected chi connectivity index (χ0v) is 8.91. The Balaban J connectivity index is 3.09. The van der Waals surface area contributed by atoms with E-state index >= 15 is 0 Å². The Morgan fingerprint density at radius 3 is 2.71 bits per heavy atom. The van der Waals surface area contributed by atoms with Gasteiger partial charge in [-0.25, -0.2) is 0 Å². The molecule has 0 rings (SSSR count). The number of hydrogen-bond acceptors (Lipinski definition) is 3. The molecule has 0 aliphatic heterocycles. The molecule has 0 saturated carbocycles. The number of hydrogen-bond donors (Lipinski definition) is 3. The van der Waals surface area contributed by atoms with Gasteiger partial charge in [0.1, 0.15) is 0 Å². The van der Waals surface area contributed by atoms with Gasteiger partial charge in [-0.15, -0.1) is 6.58 Å². The molecule has 0 aliphatic carbocycles. The van der Waals surface area contributed by atoms with Gasteiger partial charge in [0.25, 0.3) is 0 Å². The molecule has 0 aromatic heterocycles. The van der Waals surface area contributed by atoms with Crippen LogP contribution in [0.2, 0.25) is 0 Å². The highest BCUT2D eigenvalue weighted by Crippen LogP contribution is 2.05. The van der Waals surface area contributed by atoms with Crippen LogP contribution >= 0.6 is 0 Å². The number of unbranched alkanes of at least 4 members (excludes halogenated alkanes) is 3. The lowest BCUT2D eigenvalue weighted by Gasteiger charge is -2.10. The molecule has 0 aromatic rings. The van der Waals surface area contributed by atoms with Crippen LogP contribution in [0.3, 0.4) is 0 Å². The number of nitrogens with one attached hydrogen (secondary N) is 1. The molecule has 0 radical (unpaired) electrons. The Morgan fingerprint density at radius 2 is 2.07 bits per heavy atom. The summed E-state index contributed by atoms with van der Waals surface area (Å²) in [5, 5.41) is 20.9. The van der Waals surface area contributed by atoms with Crippen molar-refractivity contribution in [2.75, 3.05) is 19.7 Å². The maximum absolute atomic E-state index is 9.47. The Hall–Kier alpha value is -0.380. The van der Waals surface area contributed by atoms with E-state index in [1.165, 1.54) is 6.42 Å². The molecule has 0 aromatic carbocycles. The molecule has 0 heterocycles. The number of allylic oxidation sites excluding steroid dienone is 1. The van der Waals surface area contributed by atoms with Crippen molar-refractivity contribution in [1.82, 2.24) is 5.32 Å². The fourth-order valence-corrected chi connectivity index (χ4v) is 1.30. The predicted octanol–water partition coefficient (Wildman–Crippen LogP) is 1.07. The molecule has 84 valence electrons. The largest absolute Gasteiger partial charge is 0.395 e. The van der Waals surface area contributed by atoms with Crippen LogP contribution in [-0.2, 0) is 0 Å². The summed E-state index contributed by atoms with van der Waals surface area (Å²) in [5.41, 5.74) is 0. The van der Waals surface area contributed by atoms with Gasteiger partial charge >= 0.3 is 0 Å². The van der Waals surface area contributed by atoms with Crippen LogP contribution in [0.25, 0.3) is 0 Å². The van der Waals surface area contributed by atoms with Crippen LogP contribution < -0.4 is 5.32 Å². The summed E-state index contributed by atoms with van der Waals surface area (Å²) < 4.78 is 0. The first-order valence-corrected chi connectivity index (χ1v) is 5.41. The lowest BCUT2D eigenvalue weighted by molar-refractivity contribution is 0.155. The van der Waals surface area contributed by atoms with Gasteiger partial charge in [-0.3, -0.25) is 0 Å². The zero-order valence-electron chi connectivity index (χ0n) is 8.91. The van der Waals surface area contributed by atoms with Gasteiger partial charge in [-0.05, 0) is 19.3 Å². The maximum Gasteiger partial charge on any atom is 0.0664 e. The normalized spacial score (nSPS) is 12.7. The summed E-state index contributed by atoms with van der Waals surface area (Å²) in [6, 6.07) is 0. The Morgan fingerprint density at radius 1 is 1.29 bits per heavy atom. The highest BCUT2D eigenvalue weighted by Gasteiger charge is 2.02. The molecular weight excluding hydrogens is 178 g/mol. The van der Waals surface area contributed by atoms with Gasteiger partial charge in [-0.1, -0.05) is 18.9 Å². The summed E-state index contributed by atoms with van der Waals surface area (Å²) in [6.07, 6.45) is 6.96. The van der Waals surface area contributed by atoms with Crippen LogP contribution in [0, 0.1) is 0 Å². The first-order chi connectivity index (χ1) is 6.81. The van der Waals surface area contributed by atoms with Crippen molar-refractivity contribution >= 4 is 0 Å². The number of aliphatic hydroxyl groups is 2. The SMILES string of the molecule is C=CCCCCCC(O)CNCCO. The molecule has 14 heavy (non-hydrogen) atoms. The van der Waals surface area contributed by atoms with Crippen LogP contribution in [-0.4, -0.2) is 36.0 Å². The second-order valence-electron chi connectivity index (χ2n) is 3.51. The lowest BCUT2D eigenvalue weighted by Crippen LogP contribution is -2.28. The van der Waals surface area contributed by atoms with E-state index in [0.29, 0.717) is 13.1 Å². The Bertz CT molecular complexity index is 128. The molecular formula is C11H23NO2. The molecule has 3 N–H and O–H groups in total. The third-order valence-corrected chi connectivity index (χ3v) is 2.11. The highest BCUT2D eigenvalue weighted by molar-refractivity contribution is 4.66. The van der Waals surface area contributed by atoms with Gasteiger partial charge in [0.05, 0.1) is 12.7 Å². The minimum Gasteiger partial charge on any atom is -0.395 e. The average molecular weight is 201 g/mol. The Kier molecular flexibility index (Phi) is 10.4. The van der Waals surface area contributed by atoms with E-state index in [9.17, 15) is 5.11 Å². The standard InChI is InChI=1S/C11H23NO2/c1-2-3-4-5-6-7-11(14)10-12-8-9-13/h2,11-14H,1,3-10H2. The molecule has 0 amide bonds. The van der Waals surface area contributed by atoms with Crippen molar-refractivity contribution in [3.8, 4) is 0 Å². The van der Waals surface area contributed by atoms with Crippen molar-refractivity contribution in [3.05, 3.63) is 12.7 Å². The molecule has 0 bridgehead atoms. The first-order valence-electron chi connectivity index (χ1n) is 5.41. The number of aliphatic hydroxyl groups excluding tert-OH is 2. The minimum atomic E-state index is -0.273. The molecule has 1 unspecified atom stereocenters. The van der Waals surface area contributed by atoms with Gasteiger partial charge in [0.15, 0.2) is 0 Å². The van der Waals surface area contributed by atoms with Gasteiger partial charge < -0.3 is 15.5 Å². The van der Waals surface area contributed by atoms with Crippen molar-refractivity contribution in [1.29, 1.82) is 0 Å². The molecule has 1 atom stereocenters. The summed E-state index contributed by atoms with van der Waals surface area (Å²) in [4.78, 5) is 0. The third kappa shape index (κ3) is 9.71.